The van der Waals surface area contributed by atoms with Gasteiger partial charge >= 0.3 is 0 Å². The van der Waals surface area contributed by atoms with Crippen molar-refractivity contribution in [1.29, 1.82) is 0 Å². The van der Waals surface area contributed by atoms with E-state index in [-0.39, 0.29) is 5.91 Å². The topological polar surface area (TPSA) is 38.8 Å². The molecule has 1 saturated heterocycles. The zero-order valence-corrected chi connectivity index (χ0v) is 20.0. The maximum Gasteiger partial charge on any atom is 0.266 e. The molecule has 6 heteroatoms. The lowest BCUT2D eigenvalue weighted by Crippen LogP contribution is -2.27. The Morgan fingerprint density at radius 1 is 0.909 bits per heavy atom. The molecule has 1 fully saturated rings. The van der Waals surface area contributed by atoms with E-state index in [1.807, 2.05) is 91.9 Å². The van der Waals surface area contributed by atoms with E-state index in [0.717, 1.165) is 29.0 Å². The summed E-state index contributed by atoms with van der Waals surface area (Å²) < 4.78 is 12.1. The Morgan fingerprint density at radius 3 is 2.36 bits per heavy atom. The zero-order chi connectivity index (χ0) is 23.0. The number of rotatable bonds is 9. The van der Waals surface area contributed by atoms with Crippen molar-refractivity contribution in [3.05, 3.63) is 100 Å². The standard InChI is InChI=1S/C27H25NO3S2/c1-20-7-5-10-24(17-20)31-16-6-15-30-23-13-11-21(12-14-23)18-25-26(29)28(27(32)33-25)19-22-8-3-2-4-9-22/h2-5,7-14,17-18H,6,15-16,19H2,1H3. The van der Waals surface area contributed by atoms with Crippen LogP contribution in [0.15, 0.2) is 83.8 Å². The minimum atomic E-state index is -0.0530. The van der Waals surface area contributed by atoms with E-state index < -0.39 is 0 Å². The SMILES string of the molecule is Cc1cccc(OCCCOc2ccc(C=C3SC(=S)N(Cc4ccccc4)C3=O)cc2)c1. The van der Waals surface area contributed by atoms with Crippen molar-refractivity contribution in [2.45, 2.75) is 19.9 Å². The van der Waals surface area contributed by atoms with E-state index in [1.54, 1.807) is 4.90 Å². The lowest BCUT2D eigenvalue weighted by Gasteiger charge is -2.14. The second-order valence-corrected chi connectivity index (χ2v) is 9.37. The summed E-state index contributed by atoms with van der Waals surface area (Å²) in [5, 5.41) is 0. The third kappa shape index (κ3) is 6.46. The van der Waals surface area contributed by atoms with Crippen molar-refractivity contribution >= 4 is 40.3 Å². The van der Waals surface area contributed by atoms with E-state index in [4.69, 9.17) is 21.7 Å². The first kappa shape index (κ1) is 23.1. The van der Waals surface area contributed by atoms with Gasteiger partial charge in [0.25, 0.3) is 5.91 Å². The van der Waals surface area contributed by atoms with Crippen LogP contribution in [0.4, 0.5) is 0 Å². The van der Waals surface area contributed by atoms with Crippen LogP contribution in [0, 0.1) is 6.92 Å². The Bertz CT molecular complexity index is 1140. The Labute approximate surface area is 204 Å². The molecule has 1 heterocycles. The highest BCUT2D eigenvalue weighted by molar-refractivity contribution is 8.26. The summed E-state index contributed by atoms with van der Waals surface area (Å²) in [5.74, 6) is 1.62. The van der Waals surface area contributed by atoms with Crippen molar-refractivity contribution in [1.82, 2.24) is 4.90 Å². The van der Waals surface area contributed by atoms with Gasteiger partial charge in [-0.1, -0.05) is 78.6 Å². The van der Waals surface area contributed by atoms with Crippen LogP contribution in [-0.2, 0) is 11.3 Å². The summed E-state index contributed by atoms with van der Waals surface area (Å²) in [6.07, 6.45) is 2.67. The molecule has 168 valence electrons. The predicted octanol–water partition coefficient (Wildman–Crippen LogP) is 6.24. The normalized spacial score (nSPS) is 14.7. The third-order valence-corrected chi connectivity index (χ3v) is 6.43. The number of thiocarbonyl (C=S) groups is 1. The van der Waals surface area contributed by atoms with Gasteiger partial charge in [0.2, 0.25) is 0 Å². The molecular weight excluding hydrogens is 450 g/mol. The summed E-state index contributed by atoms with van der Waals surface area (Å²) in [4.78, 5) is 15.1. The Balaban J connectivity index is 1.26. The average molecular weight is 476 g/mol. The molecule has 0 unspecified atom stereocenters. The summed E-state index contributed by atoms with van der Waals surface area (Å²) in [6, 6.07) is 25.6. The molecule has 1 amide bonds. The van der Waals surface area contributed by atoms with Crippen LogP contribution < -0.4 is 9.47 Å². The van der Waals surface area contributed by atoms with Crippen molar-refractivity contribution in [2.24, 2.45) is 0 Å². The van der Waals surface area contributed by atoms with Gasteiger partial charge in [0.05, 0.1) is 24.7 Å². The van der Waals surface area contributed by atoms with Gasteiger partial charge in [-0.3, -0.25) is 9.69 Å². The quantitative estimate of drug-likeness (QED) is 0.208. The molecule has 0 radical (unpaired) electrons. The average Bonchev–Trinajstić information content (AvgIpc) is 3.08. The number of aryl methyl sites for hydroxylation is 1. The number of amides is 1. The maximum absolute atomic E-state index is 12.8. The van der Waals surface area contributed by atoms with Gasteiger partial charge < -0.3 is 9.47 Å². The second kappa shape index (κ2) is 11.2. The van der Waals surface area contributed by atoms with E-state index in [0.29, 0.717) is 29.0 Å². The van der Waals surface area contributed by atoms with E-state index in [2.05, 4.69) is 0 Å². The molecule has 4 rings (SSSR count). The number of hydrogen-bond donors (Lipinski definition) is 0. The van der Waals surface area contributed by atoms with Crippen molar-refractivity contribution in [3.63, 3.8) is 0 Å². The minimum Gasteiger partial charge on any atom is -0.493 e. The van der Waals surface area contributed by atoms with Gasteiger partial charge in [0, 0.05) is 6.42 Å². The lowest BCUT2D eigenvalue weighted by atomic mass is 10.2. The Kier molecular flexibility index (Phi) is 7.81. The summed E-state index contributed by atoms with van der Waals surface area (Å²) in [6.45, 7) is 3.71. The lowest BCUT2D eigenvalue weighted by molar-refractivity contribution is -0.122. The van der Waals surface area contributed by atoms with Crippen LogP contribution in [0.1, 0.15) is 23.1 Å². The fourth-order valence-corrected chi connectivity index (χ4v) is 4.61. The zero-order valence-electron chi connectivity index (χ0n) is 18.4. The molecular formula is C27H25NO3S2. The fraction of sp³-hybridized carbons (Fsp3) is 0.185. The van der Waals surface area contributed by atoms with Gasteiger partial charge in [-0.05, 0) is 54.0 Å². The number of carbonyl (C=O) groups excluding carboxylic acids is 1. The van der Waals surface area contributed by atoms with Crippen LogP contribution in [0.5, 0.6) is 11.5 Å². The first-order valence-corrected chi connectivity index (χ1v) is 12.0. The van der Waals surface area contributed by atoms with E-state index in [1.165, 1.54) is 17.3 Å². The Morgan fingerprint density at radius 2 is 1.64 bits per heavy atom. The van der Waals surface area contributed by atoms with Crippen LogP contribution >= 0.6 is 24.0 Å². The molecule has 0 bridgehead atoms. The third-order valence-electron chi connectivity index (χ3n) is 5.05. The second-order valence-electron chi connectivity index (χ2n) is 7.69. The molecule has 0 atom stereocenters. The van der Waals surface area contributed by atoms with Crippen LogP contribution in [-0.4, -0.2) is 28.3 Å². The van der Waals surface area contributed by atoms with Gasteiger partial charge in [-0.15, -0.1) is 0 Å². The van der Waals surface area contributed by atoms with Gasteiger partial charge in [0.15, 0.2) is 0 Å². The van der Waals surface area contributed by atoms with Gasteiger partial charge in [-0.25, -0.2) is 0 Å². The molecule has 0 aliphatic carbocycles. The van der Waals surface area contributed by atoms with E-state index in [9.17, 15) is 4.79 Å². The van der Waals surface area contributed by atoms with Crippen molar-refractivity contribution in [3.8, 4) is 11.5 Å². The highest BCUT2D eigenvalue weighted by Gasteiger charge is 2.31. The monoisotopic (exact) mass is 475 g/mol. The number of benzene rings is 3. The fourth-order valence-electron chi connectivity index (χ4n) is 3.36. The van der Waals surface area contributed by atoms with Crippen LogP contribution in [0.3, 0.4) is 0 Å². The highest BCUT2D eigenvalue weighted by atomic mass is 32.2. The number of thioether (sulfide) groups is 1. The molecule has 0 aromatic heterocycles. The van der Waals surface area contributed by atoms with Crippen LogP contribution in [0.2, 0.25) is 0 Å². The molecule has 1 aliphatic heterocycles. The molecule has 1 aliphatic rings. The number of hydrogen-bond acceptors (Lipinski definition) is 5. The molecule has 33 heavy (non-hydrogen) atoms. The largest absolute Gasteiger partial charge is 0.493 e. The molecule has 0 N–H and O–H groups in total. The molecule has 4 nitrogen and oxygen atoms in total. The number of ether oxygens (including phenoxy) is 2. The minimum absolute atomic E-state index is 0.0530. The molecule has 3 aromatic rings. The van der Waals surface area contributed by atoms with Crippen molar-refractivity contribution in [2.75, 3.05) is 13.2 Å². The van der Waals surface area contributed by atoms with Crippen LogP contribution in [0.25, 0.3) is 6.08 Å². The molecule has 0 spiro atoms. The first-order valence-electron chi connectivity index (χ1n) is 10.8. The summed E-state index contributed by atoms with van der Waals surface area (Å²) in [5.41, 5.74) is 3.17. The molecule has 3 aromatic carbocycles. The number of carbonyl (C=O) groups is 1. The highest BCUT2D eigenvalue weighted by Crippen LogP contribution is 2.33. The smallest absolute Gasteiger partial charge is 0.266 e. The summed E-state index contributed by atoms with van der Waals surface area (Å²) in [7, 11) is 0. The predicted molar refractivity (Wildman–Crippen MR) is 138 cm³/mol. The van der Waals surface area contributed by atoms with Gasteiger partial charge in [0.1, 0.15) is 15.8 Å². The molecule has 0 saturated carbocycles. The maximum atomic E-state index is 12.8. The van der Waals surface area contributed by atoms with Crippen molar-refractivity contribution < 1.29 is 14.3 Å². The summed E-state index contributed by atoms with van der Waals surface area (Å²) >= 11 is 6.78. The first-order chi connectivity index (χ1) is 16.1. The number of nitrogens with zero attached hydrogens (tertiary/aromatic N) is 1. The van der Waals surface area contributed by atoms with Gasteiger partial charge in [-0.2, -0.15) is 0 Å². The Hall–Kier alpha value is -3.09. The van der Waals surface area contributed by atoms with E-state index >= 15 is 0 Å².